The maximum Gasteiger partial charge on any atom is 0.191 e. The second-order valence-corrected chi connectivity index (χ2v) is 13.1. The Labute approximate surface area is 151 Å². The highest BCUT2D eigenvalue weighted by atomic mass is 28.4. The monoisotopic (exact) mass is 346 g/mol. The van der Waals surface area contributed by atoms with Crippen molar-refractivity contribution in [1.29, 1.82) is 0 Å². The van der Waals surface area contributed by atoms with E-state index in [0.29, 0.717) is 5.04 Å². The second kappa shape index (κ2) is 10.2. The summed E-state index contributed by atoms with van der Waals surface area (Å²) in [6.07, 6.45) is 11.9. The van der Waals surface area contributed by atoms with Crippen molar-refractivity contribution in [3.63, 3.8) is 0 Å². The van der Waals surface area contributed by atoms with E-state index in [4.69, 9.17) is 4.43 Å². The molecule has 24 heavy (non-hydrogen) atoms. The van der Waals surface area contributed by atoms with E-state index in [1.54, 1.807) is 0 Å². The Morgan fingerprint density at radius 2 is 1.67 bits per heavy atom. The number of aryl methyl sites for hydroxylation is 1. The normalized spacial score (nSPS) is 12.9. The van der Waals surface area contributed by atoms with Crippen LogP contribution >= 0.6 is 0 Å². The SMILES string of the molecule is CC/C=C\c1ccccc1CCCCCCO[Si](C)(C)C(C)(C)C. The molecule has 0 N–H and O–H groups in total. The molecule has 0 aromatic heterocycles. The minimum absolute atomic E-state index is 0.322. The van der Waals surface area contributed by atoms with Gasteiger partial charge in [-0.3, -0.25) is 0 Å². The third kappa shape index (κ3) is 7.35. The Balaban J connectivity index is 2.25. The average Bonchev–Trinajstić information content (AvgIpc) is 2.51. The highest BCUT2D eigenvalue weighted by Gasteiger charge is 2.36. The van der Waals surface area contributed by atoms with Crippen molar-refractivity contribution in [3.05, 3.63) is 41.5 Å². The standard InChI is InChI=1S/C22H38OSi/c1-7-8-15-20-17-12-13-18-21(20)16-11-9-10-14-19-23-24(5,6)22(2,3)4/h8,12-13,15,17-18H,7,9-11,14,16,19H2,1-6H3/b15-8-. The lowest BCUT2D eigenvalue weighted by Gasteiger charge is -2.36. The van der Waals surface area contributed by atoms with E-state index in [1.807, 2.05) is 0 Å². The van der Waals surface area contributed by atoms with Crippen LogP contribution in [-0.2, 0) is 10.8 Å². The molecule has 1 aromatic carbocycles. The zero-order chi connectivity index (χ0) is 18.1. The Morgan fingerprint density at radius 1 is 1.00 bits per heavy atom. The summed E-state index contributed by atoms with van der Waals surface area (Å²) in [5.41, 5.74) is 2.88. The molecule has 0 atom stereocenters. The molecule has 0 fully saturated rings. The molecular weight excluding hydrogens is 308 g/mol. The first-order valence-electron chi connectivity index (χ1n) is 9.66. The van der Waals surface area contributed by atoms with E-state index in [-0.39, 0.29) is 0 Å². The highest BCUT2D eigenvalue weighted by Crippen LogP contribution is 2.36. The number of allylic oxidation sites excluding steroid dienone is 1. The molecule has 0 aliphatic heterocycles. The fraction of sp³-hybridized carbons (Fsp3) is 0.636. The van der Waals surface area contributed by atoms with Crippen LogP contribution in [0.1, 0.15) is 70.9 Å². The number of benzene rings is 1. The summed E-state index contributed by atoms with van der Waals surface area (Å²) in [5.74, 6) is 0. The van der Waals surface area contributed by atoms with Gasteiger partial charge in [0.1, 0.15) is 0 Å². The summed E-state index contributed by atoms with van der Waals surface area (Å²) < 4.78 is 6.25. The Morgan fingerprint density at radius 3 is 2.33 bits per heavy atom. The van der Waals surface area contributed by atoms with Crippen molar-refractivity contribution in [1.82, 2.24) is 0 Å². The summed E-state index contributed by atoms with van der Waals surface area (Å²) in [4.78, 5) is 0. The summed E-state index contributed by atoms with van der Waals surface area (Å²) >= 11 is 0. The van der Waals surface area contributed by atoms with Gasteiger partial charge in [-0.25, -0.2) is 0 Å². The molecule has 0 saturated carbocycles. The molecule has 0 spiro atoms. The molecular formula is C22H38OSi. The van der Waals surface area contributed by atoms with Crippen LogP contribution in [0.25, 0.3) is 6.08 Å². The molecule has 0 unspecified atom stereocenters. The van der Waals surface area contributed by atoms with Crippen molar-refractivity contribution in [3.8, 4) is 0 Å². The predicted molar refractivity (Wildman–Crippen MR) is 111 cm³/mol. The molecule has 136 valence electrons. The van der Waals surface area contributed by atoms with Gasteiger partial charge in [0.05, 0.1) is 0 Å². The zero-order valence-electron chi connectivity index (χ0n) is 16.8. The molecule has 0 heterocycles. The molecule has 2 heteroatoms. The van der Waals surface area contributed by atoms with Crippen molar-refractivity contribution < 1.29 is 4.43 Å². The summed E-state index contributed by atoms with van der Waals surface area (Å²) in [6.45, 7) is 14.7. The Bertz CT molecular complexity index is 497. The van der Waals surface area contributed by atoms with Crippen molar-refractivity contribution >= 4 is 14.4 Å². The fourth-order valence-corrected chi connectivity index (χ4v) is 3.57. The van der Waals surface area contributed by atoms with Gasteiger partial charge in [0.25, 0.3) is 0 Å². The number of hydrogen-bond donors (Lipinski definition) is 0. The summed E-state index contributed by atoms with van der Waals surface area (Å²) in [7, 11) is -1.55. The summed E-state index contributed by atoms with van der Waals surface area (Å²) in [6, 6.07) is 8.80. The molecule has 0 radical (unpaired) electrons. The first-order chi connectivity index (χ1) is 11.3. The van der Waals surface area contributed by atoms with E-state index < -0.39 is 8.32 Å². The smallest absolute Gasteiger partial charge is 0.191 e. The molecule has 1 nitrogen and oxygen atoms in total. The quantitative estimate of drug-likeness (QED) is 0.320. The van der Waals surface area contributed by atoms with E-state index >= 15 is 0 Å². The van der Waals surface area contributed by atoms with Crippen LogP contribution in [0, 0.1) is 0 Å². The van der Waals surface area contributed by atoms with Gasteiger partial charge in [-0.15, -0.1) is 0 Å². The highest BCUT2D eigenvalue weighted by molar-refractivity contribution is 6.74. The van der Waals surface area contributed by atoms with Gasteiger partial charge in [-0.1, -0.05) is 77.0 Å². The number of hydrogen-bond acceptors (Lipinski definition) is 1. The molecule has 0 aliphatic carbocycles. The third-order valence-electron chi connectivity index (χ3n) is 5.20. The van der Waals surface area contributed by atoms with Gasteiger partial charge in [0, 0.05) is 6.61 Å². The molecule has 0 saturated heterocycles. The maximum atomic E-state index is 6.25. The lowest BCUT2D eigenvalue weighted by Crippen LogP contribution is -2.40. The predicted octanol–water partition coefficient (Wildman–Crippen LogP) is 7.23. The Hall–Kier alpha value is -0.863. The molecule has 1 aromatic rings. The van der Waals surface area contributed by atoms with Crippen LogP contribution in [0.15, 0.2) is 30.3 Å². The minimum atomic E-state index is -1.55. The van der Waals surface area contributed by atoms with Crippen molar-refractivity contribution in [2.24, 2.45) is 0 Å². The average molecular weight is 347 g/mol. The lowest BCUT2D eigenvalue weighted by atomic mass is 10.0. The van der Waals surface area contributed by atoms with E-state index in [9.17, 15) is 0 Å². The number of rotatable bonds is 10. The van der Waals surface area contributed by atoms with Gasteiger partial charge in [0.2, 0.25) is 0 Å². The van der Waals surface area contributed by atoms with Gasteiger partial charge in [0.15, 0.2) is 8.32 Å². The van der Waals surface area contributed by atoms with Crippen LogP contribution in [0.5, 0.6) is 0 Å². The van der Waals surface area contributed by atoms with Gasteiger partial charge in [-0.2, -0.15) is 0 Å². The third-order valence-corrected chi connectivity index (χ3v) is 9.74. The van der Waals surface area contributed by atoms with E-state index in [2.05, 4.69) is 77.2 Å². The number of unbranched alkanes of at least 4 members (excludes halogenated alkanes) is 3. The first-order valence-corrected chi connectivity index (χ1v) is 12.6. The van der Waals surface area contributed by atoms with Crippen LogP contribution in [0.3, 0.4) is 0 Å². The van der Waals surface area contributed by atoms with Gasteiger partial charge >= 0.3 is 0 Å². The minimum Gasteiger partial charge on any atom is -0.417 e. The lowest BCUT2D eigenvalue weighted by molar-refractivity contribution is 0.277. The van der Waals surface area contributed by atoms with Gasteiger partial charge in [-0.05, 0) is 54.9 Å². The van der Waals surface area contributed by atoms with Crippen LogP contribution in [-0.4, -0.2) is 14.9 Å². The Kier molecular flexibility index (Phi) is 9.00. The zero-order valence-corrected chi connectivity index (χ0v) is 17.8. The van der Waals surface area contributed by atoms with Crippen LogP contribution in [0.2, 0.25) is 18.1 Å². The van der Waals surface area contributed by atoms with Gasteiger partial charge < -0.3 is 4.43 Å². The summed E-state index contributed by atoms with van der Waals surface area (Å²) in [5, 5.41) is 0.322. The topological polar surface area (TPSA) is 9.23 Å². The maximum absolute atomic E-state index is 6.25. The largest absolute Gasteiger partial charge is 0.417 e. The van der Waals surface area contributed by atoms with Crippen molar-refractivity contribution in [2.45, 2.75) is 84.4 Å². The molecule has 1 rings (SSSR count). The molecule has 0 aliphatic rings. The second-order valence-electron chi connectivity index (χ2n) is 8.28. The van der Waals surface area contributed by atoms with Crippen molar-refractivity contribution in [2.75, 3.05) is 6.61 Å². The fourth-order valence-electron chi connectivity index (χ4n) is 2.48. The van der Waals surface area contributed by atoms with E-state index in [1.165, 1.54) is 43.2 Å². The first kappa shape index (κ1) is 21.2. The molecule has 0 bridgehead atoms. The van der Waals surface area contributed by atoms with E-state index in [0.717, 1.165) is 13.0 Å². The van der Waals surface area contributed by atoms with Crippen LogP contribution < -0.4 is 0 Å². The van der Waals surface area contributed by atoms with Crippen LogP contribution in [0.4, 0.5) is 0 Å². The molecule has 0 amide bonds.